The summed E-state index contributed by atoms with van der Waals surface area (Å²) in [6.45, 7) is 1.29. The number of nitrogens with zero attached hydrogens (tertiary/aromatic N) is 2. The standard InChI is InChI=1S/C16H23N3O2/c1-18-14(11-19-9-5-8-13(19)16(18)21)15(20)17-10-12-6-3-2-4-7-12/h5,8-9,12,14H,2-4,6-7,10-11H2,1H3,(H,17,20). The summed E-state index contributed by atoms with van der Waals surface area (Å²) >= 11 is 0. The lowest BCUT2D eigenvalue weighted by atomic mass is 9.89. The third kappa shape index (κ3) is 2.82. The molecule has 0 aromatic carbocycles. The Morgan fingerprint density at radius 1 is 1.33 bits per heavy atom. The summed E-state index contributed by atoms with van der Waals surface area (Å²) in [5.74, 6) is 0.495. The summed E-state index contributed by atoms with van der Waals surface area (Å²) in [5, 5.41) is 3.05. The van der Waals surface area contributed by atoms with Crippen LogP contribution in [0.5, 0.6) is 0 Å². The van der Waals surface area contributed by atoms with Gasteiger partial charge in [0.1, 0.15) is 11.7 Å². The minimum atomic E-state index is -0.402. The van der Waals surface area contributed by atoms with Crippen LogP contribution < -0.4 is 5.32 Å². The summed E-state index contributed by atoms with van der Waals surface area (Å²) in [6.07, 6.45) is 8.15. The van der Waals surface area contributed by atoms with E-state index >= 15 is 0 Å². The molecule has 1 atom stereocenters. The number of fused-ring (bicyclic) bond motifs is 1. The van der Waals surface area contributed by atoms with Gasteiger partial charge in [-0.15, -0.1) is 0 Å². The molecule has 0 spiro atoms. The largest absolute Gasteiger partial charge is 0.354 e. The lowest BCUT2D eigenvalue weighted by molar-refractivity contribution is -0.126. The van der Waals surface area contributed by atoms with Gasteiger partial charge in [0.2, 0.25) is 5.91 Å². The number of amides is 2. The van der Waals surface area contributed by atoms with E-state index in [0.717, 1.165) is 6.54 Å². The van der Waals surface area contributed by atoms with Gasteiger partial charge in [-0.25, -0.2) is 0 Å². The molecule has 2 amide bonds. The molecule has 0 radical (unpaired) electrons. The third-order valence-electron chi connectivity index (χ3n) is 4.80. The number of carbonyl (C=O) groups excluding carboxylic acids is 2. The van der Waals surface area contributed by atoms with Crippen molar-refractivity contribution < 1.29 is 9.59 Å². The van der Waals surface area contributed by atoms with Crippen LogP contribution in [0.2, 0.25) is 0 Å². The van der Waals surface area contributed by atoms with Crippen LogP contribution in [0, 0.1) is 5.92 Å². The van der Waals surface area contributed by atoms with Crippen molar-refractivity contribution in [3.8, 4) is 0 Å². The quantitative estimate of drug-likeness (QED) is 0.919. The van der Waals surface area contributed by atoms with E-state index in [0.29, 0.717) is 18.2 Å². The number of aromatic nitrogens is 1. The lowest BCUT2D eigenvalue weighted by Crippen LogP contribution is -2.53. The minimum absolute atomic E-state index is 0.0317. The van der Waals surface area contributed by atoms with E-state index in [4.69, 9.17) is 0 Å². The Kier molecular flexibility index (Phi) is 3.99. The zero-order valence-electron chi connectivity index (χ0n) is 12.5. The van der Waals surface area contributed by atoms with Crippen molar-refractivity contribution in [3.63, 3.8) is 0 Å². The molecule has 21 heavy (non-hydrogen) atoms. The number of hydrogen-bond acceptors (Lipinski definition) is 2. The van der Waals surface area contributed by atoms with E-state index < -0.39 is 6.04 Å². The van der Waals surface area contributed by atoms with Gasteiger partial charge in [0.25, 0.3) is 5.91 Å². The van der Waals surface area contributed by atoms with Gasteiger partial charge in [0.15, 0.2) is 0 Å². The van der Waals surface area contributed by atoms with Crippen LogP contribution in [0.4, 0.5) is 0 Å². The first-order valence-electron chi connectivity index (χ1n) is 7.87. The van der Waals surface area contributed by atoms with Crippen LogP contribution in [0.3, 0.4) is 0 Å². The monoisotopic (exact) mass is 289 g/mol. The van der Waals surface area contributed by atoms with Crippen LogP contribution in [0.25, 0.3) is 0 Å². The van der Waals surface area contributed by atoms with Gasteiger partial charge in [0.05, 0.1) is 6.54 Å². The maximum absolute atomic E-state index is 12.4. The van der Waals surface area contributed by atoms with Crippen molar-refractivity contribution in [2.45, 2.75) is 44.7 Å². The van der Waals surface area contributed by atoms with Crippen molar-refractivity contribution in [1.82, 2.24) is 14.8 Å². The average molecular weight is 289 g/mol. The Morgan fingerprint density at radius 2 is 2.10 bits per heavy atom. The minimum Gasteiger partial charge on any atom is -0.354 e. The highest BCUT2D eigenvalue weighted by atomic mass is 16.2. The Labute approximate surface area is 125 Å². The fraction of sp³-hybridized carbons (Fsp3) is 0.625. The molecule has 1 N–H and O–H groups in total. The molecule has 1 aliphatic heterocycles. The van der Waals surface area contributed by atoms with Gasteiger partial charge in [-0.3, -0.25) is 9.59 Å². The zero-order valence-corrected chi connectivity index (χ0v) is 12.5. The second kappa shape index (κ2) is 5.92. The van der Waals surface area contributed by atoms with E-state index in [2.05, 4.69) is 5.32 Å². The summed E-state index contributed by atoms with van der Waals surface area (Å²) in [4.78, 5) is 26.2. The summed E-state index contributed by atoms with van der Waals surface area (Å²) in [7, 11) is 1.71. The molecule has 5 nitrogen and oxygen atoms in total. The van der Waals surface area contributed by atoms with Crippen LogP contribution in [-0.2, 0) is 11.3 Å². The molecule has 1 fully saturated rings. The van der Waals surface area contributed by atoms with Gasteiger partial charge >= 0.3 is 0 Å². The number of rotatable bonds is 3. The van der Waals surface area contributed by atoms with Gasteiger partial charge in [-0.2, -0.15) is 0 Å². The molecule has 5 heteroatoms. The summed E-state index contributed by atoms with van der Waals surface area (Å²) < 4.78 is 1.87. The zero-order chi connectivity index (χ0) is 14.8. The molecule has 1 aliphatic carbocycles. The molecule has 0 saturated heterocycles. The van der Waals surface area contributed by atoms with Crippen LogP contribution in [0.1, 0.15) is 42.6 Å². The first kappa shape index (κ1) is 14.2. The molecule has 3 rings (SSSR count). The topological polar surface area (TPSA) is 54.3 Å². The Balaban J connectivity index is 1.61. The maximum Gasteiger partial charge on any atom is 0.270 e. The third-order valence-corrected chi connectivity index (χ3v) is 4.80. The molecule has 1 aromatic heterocycles. The molecular formula is C16H23N3O2. The molecule has 2 heterocycles. The van der Waals surface area contributed by atoms with Crippen molar-refractivity contribution in [2.24, 2.45) is 5.92 Å². The molecule has 1 aromatic rings. The van der Waals surface area contributed by atoms with Crippen molar-refractivity contribution in [1.29, 1.82) is 0 Å². The number of carbonyl (C=O) groups is 2. The molecule has 0 bridgehead atoms. The molecule has 114 valence electrons. The Bertz CT molecular complexity index is 531. The van der Waals surface area contributed by atoms with Crippen molar-refractivity contribution in [3.05, 3.63) is 24.0 Å². The van der Waals surface area contributed by atoms with E-state index in [1.165, 1.54) is 32.1 Å². The smallest absolute Gasteiger partial charge is 0.270 e. The molecular weight excluding hydrogens is 266 g/mol. The second-order valence-electron chi connectivity index (χ2n) is 6.23. The number of hydrogen-bond donors (Lipinski definition) is 1. The van der Waals surface area contributed by atoms with E-state index in [1.54, 1.807) is 18.0 Å². The van der Waals surface area contributed by atoms with Gasteiger partial charge in [0, 0.05) is 19.8 Å². The van der Waals surface area contributed by atoms with Gasteiger partial charge in [-0.1, -0.05) is 19.3 Å². The summed E-state index contributed by atoms with van der Waals surface area (Å²) in [6, 6.07) is 3.25. The van der Waals surface area contributed by atoms with Gasteiger partial charge < -0.3 is 14.8 Å². The molecule has 2 aliphatic rings. The fourth-order valence-corrected chi connectivity index (χ4v) is 3.41. The first-order valence-corrected chi connectivity index (χ1v) is 7.87. The Hall–Kier alpha value is -1.78. The molecule has 1 saturated carbocycles. The predicted molar refractivity (Wildman–Crippen MR) is 79.9 cm³/mol. The van der Waals surface area contributed by atoms with Gasteiger partial charge in [-0.05, 0) is 30.9 Å². The van der Waals surface area contributed by atoms with Crippen LogP contribution >= 0.6 is 0 Å². The van der Waals surface area contributed by atoms with Crippen LogP contribution in [-0.4, -0.2) is 40.9 Å². The Morgan fingerprint density at radius 3 is 2.86 bits per heavy atom. The highest BCUT2D eigenvalue weighted by Gasteiger charge is 2.34. The first-order chi connectivity index (χ1) is 10.2. The summed E-state index contributed by atoms with van der Waals surface area (Å²) in [5.41, 5.74) is 0.661. The fourth-order valence-electron chi connectivity index (χ4n) is 3.41. The number of likely N-dealkylation sites (N-methyl/N-ethyl adjacent to an activating group) is 1. The molecule has 1 unspecified atom stereocenters. The highest BCUT2D eigenvalue weighted by molar-refractivity contribution is 5.97. The second-order valence-corrected chi connectivity index (χ2v) is 6.23. The van der Waals surface area contributed by atoms with Crippen LogP contribution in [0.15, 0.2) is 18.3 Å². The van der Waals surface area contributed by atoms with E-state index in [1.807, 2.05) is 16.8 Å². The highest BCUT2D eigenvalue weighted by Crippen LogP contribution is 2.23. The maximum atomic E-state index is 12.4. The van der Waals surface area contributed by atoms with Crippen molar-refractivity contribution >= 4 is 11.8 Å². The average Bonchev–Trinajstić information content (AvgIpc) is 2.98. The SMILES string of the molecule is CN1C(=O)c2cccn2CC1C(=O)NCC1CCCCC1. The lowest BCUT2D eigenvalue weighted by Gasteiger charge is -2.33. The van der Waals surface area contributed by atoms with E-state index in [-0.39, 0.29) is 11.8 Å². The predicted octanol–water partition coefficient (Wildman–Crippen LogP) is 1.64. The van der Waals surface area contributed by atoms with E-state index in [9.17, 15) is 9.59 Å². The van der Waals surface area contributed by atoms with Crippen molar-refractivity contribution in [2.75, 3.05) is 13.6 Å². The normalized spacial score (nSPS) is 23.0. The number of nitrogens with one attached hydrogen (secondary N) is 1.